The summed E-state index contributed by atoms with van der Waals surface area (Å²) in [5, 5.41) is 24.7. The number of allylic oxidation sites excluding steroid dienone is 1. The van der Waals surface area contributed by atoms with Crippen molar-refractivity contribution in [2.45, 2.75) is 51.4 Å². The highest BCUT2D eigenvalue weighted by molar-refractivity contribution is 7.10. The minimum atomic E-state index is -1.02. The maximum absolute atomic E-state index is 13.9. The van der Waals surface area contributed by atoms with Crippen molar-refractivity contribution in [2.24, 2.45) is 0 Å². The number of amides is 1. The number of nitrogens with zero attached hydrogens (tertiary/aromatic N) is 1. The molecule has 1 aliphatic carbocycles. The highest BCUT2D eigenvalue weighted by Gasteiger charge is 2.28. The Balaban J connectivity index is 1.66. The summed E-state index contributed by atoms with van der Waals surface area (Å²) in [7, 11) is 0. The summed E-state index contributed by atoms with van der Waals surface area (Å²) >= 11 is 1.50. The first-order valence-electron chi connectivity index (χ1n) is 9.61. The topological polar surface area (TPSA) is 82.0 Å². The average Bonchev–Trinajstić information content (AvgIpc) is 3.14. The predicted octanol–water partition coefficient (Wildman–Crippen LogP) is 4.86. The second kappa shape index (κ2) is 8.04. The molecule has 1 fully saturated rings. The summed E-state index contributed by atoms with van der Waals surface area (Å²) < 4.78 is 20.0. The molecule has 0 spiro atoms. The number of fused-ring (bicyclic) bond motifs is 1. The summed E-state index contributed by atoms with van der Waals surface area (Å²) in [5.74, 6) is -0.0618. The van der Waals surface area contributed by atoms with Gasteiger partial charge in [0.2, 0.25) is 0 Å². The van der Waals surface area contributed by atoms with Gasteiger partial charge in [0.15, 0.2) is 0 Å². The minimum Gasteiger partial charge on any atom is -0.488 e. The fraction of sp³-hybridized carbons (Fsp3) is 0.381. The first-order valence-corrected chi connectivity index (χ1v) is 10.5. The van der Waals surface area contributed by atoms with Gasteiger partial charge in [0.25, 0.3) is 0 Å². The third-order valence-electron chi connectivity index (χ3n) is 5.41. The number of rotatable bonds is 4. The van der Waals surface area contributed by atoms with Crippen LogP contribution in [0.25, 0.3) is 5.70 Å². The highest BCUT2D eigenvalue weighted by Crippen LogP contribution is 2.38. The highest BCUT2D eigenvalue weighted by atomic mass is 32.1. The van der Waals surface area contributed by atoms with Gasteiger partial charge in [-0.05, 0) is 49.8 Å². The molecule has 0 radical (unpaired) electrons. The Hall–Kier alpha value is -2.58. The van der Waals surface area contributed by atoms with Crippen LogP contribution in [0.1, 0.15) is 43.0 Å². The van der Waals surface area contributed by atoms with Crippen LogP contribution in [0.2, 0.25) is 0 Å². The Bertz CT molecular complexity index is 958. The second-order valence-corrected chi connectivity index (χ2v) is 8.41. The lowest BCUT2D eigenvalue weighted by atomic mass is 9.95. The van der Waals surface area contributed by atoms with E-state index in [1.807, 2.05) is 11.4 Å². The van der Waals surface area contributed by atoms with Crippen LogP contribution in [-0.2, 0) is 6.54 Å². The molecule has 2 unspecified atom stereocenters. The second-order valence-electron chi connectivity index (χ2n) is 7.41. The smallest absolute Gasteiger partial charge is 0.411 e. The van der Waals surface area contributed by atoms with Crippen molar-refractivity contribution in [1.29, 1.82) is 0 Å². The molecule has 8 heteroatoms. The Morgan fingerprint density at radius 3 is 2.93 bits per heavy atom. The van der Waals surface area contributed by atoms with Gasteiger partial charge in [-0.3, -0.25) is 4.90 Å². The fourth-order valence-corrected chi connectivity index (χ4v) is 4.75. The standard InChI is InChI=1S/C21H23FN2O4S/c1-12-20(16-7-8-29-19(16)11-24(12)21(26)27)23-17-6-5-13(22)9-18(17)28-15-4-2-3-14(25)10-15/h5-9,14-15,23,25H,2-4,10-11H2,1H3,(H,26,27). The molecule has 2 atom stereocenters. The largest absolute Gasteiger partial charge is 0.488 e. The molecule has 0 bridgehead atoms. The SMILES string of the molecule is CC1=C(Nc2ccc(F)cc2OC2CCCC(O)C2)c2ccsc2CN1C(=O)O. The Morgan fingerprint density at radius 2 is 2.17 bits per heavy atom. The van der Waals surface area contributed by atoms with E-state index in [-0.39, 0.29) is 6.10 Å². The summed E-state index contributed by atoms with van der Waals surface area (Å²) in [6, 6.07) is 6.21. The molecule has 29 heavy (non-hydrogen) atoms. The number of benzene rings is 1. The lowest BCUT2D eigenvalue weighted by Gasteiger charge is -2.30. The number of ether oxygens (including phenoxy) is 1. The minimum absolute atomic E-state index is 0.185. The molecule has 2 heterocycles. The Morgan fingerprint density at radius 1 is 1.34 bits per heavy atom. The fourth-order valence-electron chi connectivity index (χ4n) is 3.89. The van der Waals surface area contributed by atoms with Crippen molar-refractivity contribution in [3.63, 3.8) is 0 Å². The molecule has 1 aromatic carbocycles. The van der Waals surface area contributed by atoms with E-state index >= 15 is 0 Å². The zero-order valence-corrected chi connectivity index (χ0v) is 16.8. The number of carbonyl (C=O) groups is 1. The van der Waals surface area contributed by atoms with Crippen LogP contribution in [0.5, 0.6) is 5.75 Å². The predicted molar refractivity (Wildman–Crippen MR) is 109 cm³/mol. The maximum Gasteiger partial charge on any atom is 0.411 e. The van der Waals surface area contributed by atoms with Crippen molar-refractivity contribution in [2.75, 3.05) is 5.32 Å². The van der Waals surface area contributed by atoms with E-state index < -0.39 is 18.0 Å². The first kappa shape index (κ1) is 19.7. The van der Waals surface area contributed by atoms with Crippen LogP contribution in [0, 0.1) is 5.82 Å². The Labute approximate surface area is 172 Å². The summed E-state index contributed by atoms with van der Waals surface area (Å²) in [6.45, 7) is 2.06. The third kappa shape index (κ3) is 4.09. The molecule has 0 saturated heterocycles. The van der Waals surface area contributed by atoms with Gasteiger partial charge in [0.05, 0.1) is 24.0 Å². The van der Waals surface area contributed by atoms with Gasteiger partial charge in [-0.2, -0.15) is 0 Å². The van der Waals surface area contributed by atoms with E-state index in [0.717, 1.165) is 29.7 Å². The van der Waals surface area contributed by atoms with E-state index in [9.17, 15) is 19.4 Å². The first-order chi connectivity index (χ1) is 13.9. The van der Waals surface area contributed by atoms with E-state index in [1.165, 1.54) is 28.4 Å². The van der Waals surface area contributed by atoms with Gasteiger partial charge in [-0.15, -0.1) is 11.3 Å². The van der Waals surface area contributed by atoms with Crippen LogP contribution in [-0.4, -0.2) is 33.4 Å². The monoisotopic (exact) mass is 418 g/mol. The van der Waals surface area contributed by atoms with Gasteiger partial charge < -0.3 is 20.3 Å². The molecule has 2 aliphatic rings. The molecule has 1 aromatic heterocycles. The third-order valence-corrected chi connectivity index (χ3v) is 6.32. The van der Waals surface area contributed by atoms with Crippen molar-refractivity contribution in [3.8, 4) is 5.75 Å². The number of nitrogens with one attached hydrogen (secondary N) is 1. The van der Waals surface area contributed by atoms with Crippen molar-refractivity contribution in [3.05, 3.63) is 51.6 Å². The van der Waals surface area contributed by atoms with Crippen LogP contribution >= 0.6 is 11.3 Å². The van der Waals surface area contributed by atoms with Crippen molar-refractivity contribution in [1.82, 2.24) is 4.90 Å². The van der Waals surface area contributed by atoms with E-state index in [0.29, 0.717) is 35.8 Å². The normalized spacial score (nSPS) is 21.7. The number of hydrogen-bond acceptors (Lipinski definition) is 5. The summed E-state index contributed by atoms with van der Waals surface area (Å²) in [6.07, 6.45) is 1.32. The molecule has 6 nitrogen and oxygen atoms in total. The lowest BCUT2D eigenvalue weighted by molar-refractivity contribution is 0.0539. The van der Waals surface area contributed by atoms with E-state index in [1.54, 1.807) is 13.0 Å². The summed E-state index contributed by atoms with van der Waals surface area (Å²) in [5.41, 5.74) is 2.74. The number of anilines is 1. The molecular formula is C21H23FN2O4S. The molecule has 2 aromatic rings. The maximum atomic E-state index is 13.9. The zero-order valence-electron chi connectivity index (χ0n) is 16.0. The quantitative estimate of drug-likeness (QED) is 0.660. The van der Waals surface area contributed by atoms with Crippen molar-refractivity contribution >= 4 is 28.8 Å². The molecule has 3 N–H and O–H groups in total. The van der Waals surface area contributed by atoms with Crippen LogP contribution < -0.4 is 10.1 Å². The van der Waals surface area contributed by atoms with Gasteiger partial charge in [-0.25, -0.2) is 9.18 Å². The van der Waals surface area contributed by atoms with Gasteiger partial charge >= 0.3 is 6.09 Å². The molecule has 1 amide bonds. The number of carboxylic acid groups (broad SMARTS) is 1. The average molecular weight is 418 g/mol. The number of aliphatic hydroxyl groups is 1. The molecule has 4 rings (SSSR count). The van der Waals surface area contributed by atoms with Crippen molar-refractivity contribution < 1.29 is 24.1 Å². The number of aliphatic hydroxyl groups excluding tert-OH is 1. The molecular weight excluding hydrogens is 395 g/mol. The van der Waals surface area contributed by atoms with Crippen LogP contribution in [0.3, 0.4) is 0 Å². The van der Waals surface area contributed by atoms with Crippen LogP contribution in [0.4, 0.5) is 14.9 Å². The Kier molecular flexibility index (Phi) is 5.47. The van der Waals surface area contributed by atoms with E-state index in [4.69, 9.17) is 4.74 Å². The zero-order chi connectivity index (χ0) is 20.5. The molecule has 1 aliphatic heterocycles. The lowest BCUT2D eigenvalue weighted by Crippen LogP contribution is -2.32. The van der Waals surface area contributed by atoms with Gasteiger partial charge in [-0.1, -0.05) is 0 Å². The molecule has 154 valence electrons. The summed E-state index contributed by atoms with van der Waals surface area (Å²) in [4.78, 5) is 13.9. The number of thiophene rings is 1. The molecule has 1 saturated carbocycles. The van der Waals surface area contributed by atoms with E-state index in [2.05, 4.69) is 5.32 Å². The number of halogens is 1. The van der Waals surface area contributed by atoms with Gasteiger partial charge in [0, 0.05) is 28.6 Å². The van der Waals surface area contributed by atoms with Gasteiger partial charge in [0.1, 0.15) is 17.7 Å². The van der Waals surface area contributed by atoms with Crippen LogP contribution in [0.15, 0.2) is 35.3 Å². The number of hydrogen-bond donors (Lipinski definition) is 3.